The predicted molar refractivity (Wildman–Crippen MR) is 134 cm³/mol. The van der Waals surface area contributed by atoms with Crippen LogP contribution in [0.25, 0.3) is 44.2 Å². The highest BCUT2D eigenvalue weighted by atomic mass is 16.3. The fourth-order valence-electron chi connectivity index (χ4n) is 4.32. The summed E-state index contributed by atoms with van der Waals surface area (Å²) in [5.74, 6) is 0. The van der Waals surface area contributed by atoms with E-state index >= 15 is 0 Å². The smallest absolute Gasteiger partial charge is 0.138 e. The monoisotopic (exact) mass is 411 g/mol. The van der Waals surface area contributed by atoms with Gasteiger partial charge in [-0.3, -0.25) is 0 Å². The maximum atomic E-state index is 6.23. The van der Waals surface area contributed by atoms with Crippen LogP contribution < -0.4 is 5.32 Å². The van der Waals surface area contributed by atoms with Crippen LogP contribution in [-0.4, -0.2) is 0 Å². The maximum absolute atomic E-state index is 6.23. The molecule has 0 aliphatic carbocycles. The van der Waals surface area contributed by atoms with Gasteiger partial charge in [-0.25, -0.2) is 0 Å². The van der Waals surface area contributed by atoms with Crippen molar-refractivity contribution in [2.45, 2.75) is 0 Å². The second kappa shape index (κ2) is 7.75. The molecule has 32 heavy (non-hydrogen) atoms. The van der Waals surface area contributed by atoms with E-state index in [2.05, 4.69) is 102 Å². The summed E-state index contributed by atoms with van der Waals surface area (Å²) >= 11 is 0. The Morgan fingerprint density at radius 1 is 0.469 bits per heavy atom. The predicted octanol–water partition coefficient (Wildman–Crippen LogP) is 8.66. The molecule has 0 unspecified atom stereocenters. The van der Waals surface area contributed by atoms with Crippen molar-refractivity contribution in [2.24, 2.45) is 0 Å². The van der Waals surface area contributed by atoms with Gasteiger partial charge in [-0.2, -0.15) is 0 Å². The Balaban J connectivity index is 1.44. The fraction of sp³-hybridized carbons (Fsp3) is 0. The van der Waals surface area contributed by atoms with Crippen molar-refractivity contribution in [3.05, 3.63) is 121 Å². The van der Waals surface area contributed by atoms with Gasteiger partial charge in [0.2, 0.25) is 0 Å². The third-order valence-electron chi connectivity index (χ3n) is 5.84. The zero-order valence-corrected chi connectivity index (χ0v) is 17.5. The van der Waals surface area contributed by atoms with E-state index in [0.717, 1.165) is 38.9 Å². The summed E-state index contributed by atoms with van der Waals surface area (Å²) < 4.78 is 6.23. The summed E-state index contributed by atoms with van der Waals surface area (Å²) in [6.45, 7) is 0. The van der Waals surface area contributed by atoms with Gasteiger partial charge < -0.3 is 9.73 Å². The molecule has 5 aromatic carbocycles. The van der Waals surface area contributed by atoms with Gasteiger partial charge in [-0.05, 0) is 46.5 Å². The van der Waals surface area contributed by atoms with E-state index in [1.165, 1.54) is 16.7 Å². The second-order valence-electron chi connectivity index (χ2n) is 7.93. The van der Waals surface area contributed by atoms with E-state index in [-0.39, 0.29) is 0 Å². The zero-order chi connectivity index (χ0) is 21.3. The Bertz CT molecular complexity index is 1510. The Hall–Kier alpha value is -4.30. The van der Waals surface area contributed by atoms with E-state index < -0.39 is 0 Å². The first kappa shape index (κ1) is 18.5. The molecule has 0 atom stereocenters. The van der Waals surface area contributed by atoms with Crippen LogP contribution in [-0.2, 0) is 0 Å². The molecule has 0 saturated heterocycles. The highest BCUT2D eigenvalue weighted by Crippen LogP contribution is 2.39. The molecule has 6 rings (SSSR count). The van der Waals surface area contributed by atoms with Crippen LogP contribution in [0.3, 0.4) is 0 Å². The lowest BCUT2D eigenvalue weighted by atomic mass is 9.98. The largest absolute Gasteiger partial charge is 0.456 e. The first-order chi connectivity index (χ1) is 15.8. The van der Waals surface area contributed by atoms with Crippen LogP contribution in [0.1, 0.15) is 0 Å². The molecule has 0 aliphatic rings. The zero-order valence-electron chi connectivity index (χ0n) is 17.5. The number of furan rings is 1. The van der Waals surface area contributed by atoms with Crippen molar-refractivity contribution >= 4 is 33.3 Å². The van der Waals surface area contributed by atoms with Crippen molar-refractivity contribution in [1.29, 1.82) is 0 Å². The first-order valence-electron chi connectivity index (χ1n) is 10.8. The molecule has 152 valence electrons. The van der Waals surface area contributed by atoms with E-state index in [0.29, 0.717) is 0 Å². The summed E-state index contributed by atoms with van der Waals surface area (Å²) in [5, 5.41) is 5.86. The molecule has 0 amide bonds. The van der Waals surface area contributed by atoms with Crippen LogP contribution in [0.4, 0.5) is 11.4 Å². The average molecular weight is 412 g/mol. The molecule has 1 heterocycles. The van der Waals surface area contributed by atoms with Crippen LogP contribution in [0.15, 0.2) is 126 Å². The Morgan fingerprint density at radius 2 is 1.09 bits per heavy atom. The lowest BCUT2D eigenvalue weighted by Gasteiger charge is -2.11. The minimum absolute atomic E-state index is 0.885. The molecule has 1 N–H and O–H groups in total. The number of rotatable bonds is 4. The topological polar surface area (TPSA) is 25.2 Å². The maximum Gasteiger partial charge on any atom is 0.138 e. The Morgan fingerprint density at radius 3 is 1.84 bits per heavy atom. The molecule has 0 spiro atoms. The highest BCUT2D eigenvalue weighted by Gasteiger charge is 2.14. The SMILES string of the molecule is c1ccc(-c2ccc(Nc3cc(-c4ccccc4)c4c(c3)oc3ccccc34)cc2)cc1. The van der Waals surface area contributed by atoms with Gasteiger partial charge in [0.25, 0.3) is 0 Å². The minimum Gasteiger partial charge on any atom is -0.456 e. The van der Waals surface area contributed by atoms with Crippen molar-refractivity contribution < 1.29 is 4.42 Å². The van der Waals surface area contributed by atoms with Crippen LogP contribution >= 0.6 is 0 Å². The van der Waals surface area contributed by atoms with E-state index in [4.69, 9.17) is 4.42 Å². The van der Waals surface area contributed by atoms with Crippen molar-refractivity contribution in [3.8, 4) is 22.3 Å². The van der Waals surface area contributed by atoms with Gasteiger partial charge in [0.15, 0.2) is 0 Å². The third kappa shape index (κ3) is 3.32. The molecular weight excluding hydrogens is 390 g/mol. The number of benzene rings is 5. The summed E-state index contributed by atoms with van der Waals surface area (Å²) in [7, 11) is 0. The number of para-hydroxylation sites is 1. The molecule has 0 saturated carbocycles. The summed E-state index contributed by atoms with van der Waals surface area (Å²) in [6, 6.07) is 42.0. The second-order valence-corrected chi connectivity index (χ2v) is 7.93. The lowest BCUT2D eigenvalue weighted by molar-refractivity contribution is 0.669. The molecule has 0 fully saturated rings. The standard InChI is InChI=1S/C30H21NO/c1-3-9-21(10-4-1)22-15-17-24(18-16-22)31-25-19-27(23-11-5-2-6-12-23)30-26-13-7-8-14-28(26)32-29(30)20-25/h1-20,31H. The number of anilines is 2. The molecule has 0 bridgehead atoms. The number of hydrogen-bond donors (Lipinski definition) is 1. The quantitative estimate of drug-likeness (QED) is 0.314. The molecular formula is C30H21NO. The van der Waals surface area contributed by atoms with Gasteiger partial charge in [-0.15, -0.1) is 0 Å². The normalized spacial score (nSPS) is 11.1. The van der Waals surface area contributed by atoms with E-state index in [9.17, 15) is 0 Å². The van der Waals surface area contributed by atoms with E-state index in [1.807, 2.05) is 24.3 Å². The van der Waals surface area contributed by atoms with Crippen molar-refractivity contribution in [3.63, 3.8) is 0 Å². The third-order valence-corrected chi connectivity index (χ3v) is 5.84. The first-order valence-corrected chi connectivity index (χ1v) is 10.8. The molecule has 0 radical (unpaired) electrons. The van der Waals surface area contributed by atoms with Crippen molar-refractivity contribution in [2.75, 3.05) is 5.32 Å². The van der Waals surface area contributed by atoms with E-state index in [1.54, 1.807) is 0 Å². The Kier molecular flexibility index (Phi) is 4.47. The molecule has 2 heteroatoms. The van der Waals surface area contributed by atoms with Gasteiger partial charge >= 0.3 is 0 Å². The van der Waals surface area contributed by atoms with Crippen LogP contribution in [0.2, 0.25) is 0 Å². The summed E-state index contributed by atoms with van der Waals surface area (Å²) in [6.07, 6.45) is 0. The molecule has 6 aromatic rings. The summed E-state index contributed by atoms with van der Waals surface area (Å²) in [5.41, 5.74) is 8.59. The molecule has 0 aliphatic heterocycles. The van der Waals surface area contributed by atoms with Crippen molar-refractivity contribution in [1.82, 2.24) is 0 Å². The number of fused-ring (bicyclic) bond motifs is 3. The number of nitrogens with one attached hydrogen (secondary N) is 1. The molecule has 1 aromatic heterocycles. The van der Waals surface area contributed by atoms with Crippen LogP contribution in [0.5, 0.6) is 0 Å². The minimum atomic E-state index is 0.885. The summed E-state index contributed by atoms with van der Waals surface area (Å²) in [4.78, 5) is 0. The molecule has 2 nitrogen and oxygen atoms in total. The highest BCUT2D eigenvalue weighted by molar-refractivity contribution is 6.13. The van der Waals surface area contributed by atoms with Crippen LogP contribution in [0, 0.1) is 0 Å². The fourth-order valence-corrected chi connectivity index (χ4v) is 4.32. The number of hydrogen-bond acceptors (Lipinski definition) is 2. The van der Waals surface area contributed by atoms with Gasteiger partial charge in [0.1, 0.15) is 11.2 Å². The average Bonchev–Trinajstić information content (AvgIpc) is 3.23. The lowest BCUT2D eigenvalue weighted by Crippen LogP contribution is -1.91. The van der Waals surface area contributed by atoms with Gasteiger partial charge in [0, 0.05) is 28.2 Å². The Labute approximate surface area is 186 Å². The van der Waals surface area contributed by atoms with Gasteiger partial charge in [0.05, 0.1) is 0 Å². The van der Waals surface area contributed by atoms with Gasteiger partial charge in [-0.1, -0.05) is 91.0 Å².